The molecule has 1 rings (SSSR count). The summed E-state index contributed by atoms with van der Waals surface area (Å²) in [6.45, 7) is 10.3. The van der Waals surface area contributed by atoms with E-state index in [-0.39, 0.29) is 17.7 Å². The third kappa shape index (κ3) is 4.87. The minimum absolute atomic E-state index is 0.0819. The van der Waals surface area contributed by atoms with E-state index < -0.39 is 0 Å². The van der Waals surface area contributed by atoms with Crippen molar-refractivity contribution in [2.24, 2.45) is 11.7 Å². The SMILES string of the molecule is C=CCN(CC=C)CC(=O)N1CCC(C(N)=O)CC1. The number of hydrogen-bond donors (Lipinski definition) is 1. The molecule has 0 aliphatic carbocycles. The van der Waals surface area contributed by atoms with Gasteiger partial charge in [-0.15, -0.1) is 13.2 Å². The molecule has 2 amide bonds. The number of hydrogen-bond acceptors (Lipinski definition) is 3. The second-order valence-electron chi connectivity index (χ2n) is 4.83. The zero-order valence-electron chi connectivity index (χ0n) is 11.4. The van der Waals surface area contributed by atoms with E-state index in [9.17, 15) is 9.59 Å². The first-order valence-corrected chi connectivity index (χ1v) is 6.59. The Bertz CT molecular complexity index is 337. The minimum atomic E-state index is -0.257. The Morgan fingerprint density at radius 1 is 1.21 bits per heavy atom. The minimum Gasteiger partial charge on any atom is -0.369 e. The van der Waals surface area contributed by atoms with Crippen LogP contribution in [-0.2, 0) is 9.59 Å². The van der Waals surface area contributed by atoms with E-state index in [1.54, 1.807) is 17.1 Å². The molecule has 0 bridgehead atoms. The van der Waals surface area contributed by atoms with Gasteiger partial charge in [0.05, 0.1) is 6.54 Å². The van der Waals surface area contributed by atoms with Crippen LogP contribution in [-0.4, -0.2) is 54.3 Å². The predicted molar refractivity (Wildman–Crippen MR) is 75.3 cm³/mol. The highest BCUT2D eigenvalue weighted by Gasteiger charge is 2.26. The summed E-state index contributed by atoms with van der Waals surface area (Å²) in [4.78, 5) is 27.0. The van der Waals surface area contributed by atoms with Crippen molar-refractivity contribution in [3.05, 3.63) is 25.3 Å². The van der Waals surface area contributed by atoms with Gasteiger partial charge in [0.25, 0.3) is 0 Å². The van der Waals surface area contributed by atoms with Gasteiger partial charge in [0, 0.05) is 32.1 Å². The lowest BCUT2D eigenvalue weighted by Crippen LogP contribution is -2.46. The topological polar surface area (TPSA) is 66.6 Å². The molecule has 19 heavy (non-hydrogen) atoms. The highest BCUT2D eigenvalue weighted by molar-refractivity contribution is 5.80. The molecule has 0 radical (unpaired) electrons. The van der Waals surface area contributed by atoms with E-state index in [1.807, 2.05) is 4.90 Å². The van der Waals surface area contributed by atoms with Crippen molar-refractivity contribution in [2.75, 3.05) is 32.7 Å². The summed E-state index contributed by atoms with van der Waals surface area (Å²) in [5, 5.41) is 0. The van der Waals surface area contributed by atoms with Crippen LogP contribution in [0.5, 0.6) is 0 Å². The molecular weight excluding hydrogens is 242 g/mol. The van der Waals surface area contributed by atoms with Gasteiger partial charge in [-0.05, 0) is 12.8 Å². The summed E-state index contributed by atoms with van der Waals surface area (Å²) < 4.78 is 0. The zero-order valence-corrected chi connectivity index (χ0v) is 11.4. The molecule has 0 saturated carbocycles. The second-order valence-corrected chi connectivity index (χ2v) is 4.83. The Morgan fingerprint density at radius 3 is 2.16 bits per heavy atom. The van der Waals surface area contributed by atoms with Gasteiger partial charge in [0.1, 0.15) is 0 Å². The van der Waals surface area contributed by atoms with Crippen molar-refractivity contribution >= 4 is 11.8 Å². The van der Waals surface area contributed by atoms with Crippen LogP contribution in [0.2, 0.25) is 0 Å². The maximum Gasteiger partial charge on any atom is 0.236 e. The van der Waals surface area contributed by atoms with Gasteiger partial charge in [-0.1, -0.05) is 12.2 Å². The normalized spacial score (nSPS) is 16.4. The number of carbonyl (C=O) groups is 2. The van der Waals surface area contributed by atoms with Crippen molar-refractivity contribution in [1.29, 1.82) is 0 Å². The number of primary amides is 1. The highest BCUT2D eigenvalue weighted by atomic mass is 16.2. The molecular formula is C14H23N3O2. The van der Waals surface area contributed by atoms with E-state index in [2.05, 4.69) is 13.2 Å². The fourth-order valence-corrected chi connectivity index (χ4v) is 2.27. The van der Waals surface area contributed by atoms with E-state index in [0.29, 0.717) is 45.6 Å². The van der Waals surface area contributed by atoms with Crippen LogP contribution in [0.1, 0.15) is 12.8 Å². The molecule has 1 aliphatic rings. The Balaban J connectivity index is 2.43. The number of nitrogens with two attached hydrogens (primary N) is 1. The molecule has 0 spiro atoms. The second kappa shape index (κ2) is 7.74. The fraction of sp³-hybridized carbons (Fsp3) is 0.571. The van der Waals surface area contributed by atoms with E-state index in [4.69, 9.17) is 5.73 Å². The van der Waals surface area contributed by atoms with Crippen LogP contribution in [0.25, 0.3) is 0 Å². The summed E-state index contributed by atoms with van der Waals surface area (Å²) in [6, 6.07) is 0. The Kier molecular flexibility index (Phi) is 6.29. The predicted octanol–water partition coefficient (Wildman–Crippen LogP) is 0.384. The number of likely N-dealkylation sites (tertiary alicyclic amines) is 1. The molecule has 106 valence electrons. The third-order valence-corrected chi connectivity index (χ3v) is 3.38. The van der Waals surface area contributed by atoms with E-state index >= 15 is 0 Å². The maximum atomic E-state index is 12.1. The summed E-state index contributed by atoms with van der Waals surface area (Å²) in [7, 11) is 0. The zero-order chi connectivity index (χ0) is 14.3. The highest BCUT2D eigenvalue weighted by Crippen LogP contribution is 2.16. The summed E-state index contributed by atoms with van der Waals surface area (Å²) >= 11 is 0. The monoisotopic (exact) mass is 265 g/mol. The van der Waals surface area contributed by atoms with Gasteiger partial charge in [-0.2, -0.15) is 0 Å². The third-order valence-electron chi connectivity index (χ3n) is 3.38. The Labute approximate surface area is 114 Å². The molecule has 1 fully saturated rings. The van der Waals surface area contributed by atoms with Crippen LogP contribution in [0, 0.1) is 5.92 Å². The van der Waals surface area contributed by atoms with Gasteiger partial charge >= 0.3 is 0 Å². The number of nitrogens with zero attached hydrogens (tertiary/aromatic N) is 2. The van der Waals surface area contributed by atoms with Crippen molar-refractivity contribution in [3.8, 4) is 0 Å². The van der Waals surface area contributed by atoms with Crippen LogP contribution >= 0.6 is 0 Å². The largest absolute Gasteiger partial charge is 0.369 e. The summed E-state index contributed by atoms with van der Waals surface area (Å²) in [5.74, 6) is -0.250. The lowest BCUT2D eigenvalue weighted by Gasteiger charge is -2.32. The molecule has 5 heteroatoms. The Hall–Kier alpha value is -1.62. The van der Waals surface area contributed by atoms with Crippen LogP contribution in [0.3, 0.4) is 0 Å². The lowest BCUT2D eigenvalue weighted by atomic mass is 9.96. The molecule has 5 nitrogen and oxygen atoms in total. The molecule has 1 aliphatic heterocycles. The van der Waals surface area contributed by atoms with Crippen molar-refractivity contribution in [1.82, 2.24) is 9.80 Å². The van der Waals surface area contributed by atoms with Crippen LogP contribution in [0.15, 0.2) is 25.3 Å². The first-order valence-electron chi connectivity index (χ1n) is 6.59. The first-order chi connectivity index (χ1) is 9.08. The number of piperidine rings is 1. The summed E-state index contributed by atoms with van der Waals surface area (Å²) in [5.41, 5.74) is 5.28. The molecule has 2 N–H and O–H groups in total. The van der Waals surface area contributed by atoms with Gasteiger partial charge < -0.3 is 10.6 Å². The number of rotatable bonds is 7. The van der Waals surface area contributed by atoms with Crippen LogP contribution < -0.4 is 5.73 Å². The van der Waals surface area contributed by atoms with E-state index in [1.165, 1.54) is 0 Å². The molecule has 0 unspecified atom stereocenters. The van der Waals surface area contributed by atoms with Gasteiger partial charge in [-0.3, -0.25) is 14.5 Å². The average molecular weight is 265 g/mol. The molecule has 0 aromatic heterocycles. The first kappa shape index (κ1) is 15.4. The quantitative estimate of drug-likeness (QED) is 0.677. The molecule has 0 aromatic rings. The Morgan fingerprint density at radius 2 is 1.74 bits per heavy atom. The molecule has 1 heterocycles. The average Bonchev–Trinajstić information content (AvgIpc) is 2.39. The van der Waals surface area contributed by atoms with Gasteiger partial charge in [0.2, 0.25) is 11.8 Å². The lowest BCUT2D eigenvalue weighted by molar-refractivity contribution is -0.135. The van der Waals surface area contributed by atoms with Gasteiger partial charge in [-0.25, -0.2) is 0 Å². The fourth-order valence-electron chi connectivity index (χ4n) is 2.27. The van der Waals surface area contributed by atoms with Crippen molar-refractivity contribution < 1.29 is 9.59 Å². The number of carbonyl (C=O) groups excluding carboxylic acids is 2. The van der Waals surface area contributed by atoms with Crippen molar-refractivity contribution in [3.63, 3.8) is 0 Å². The maximum absolute atomic E-state index is 12.1. The molecule has 0 aromatic carbocycles. The van der Waals surface area contributed by atoms with Crippen molar-refractivity contribution in [2.45, 2.75) is 12.8 Å². The van der Waals surface area contributed by atoms with Gasteiger partial charge in [0.15, 0.2) is 0 Å². The smallest absolute Gasteiger partial charge is 0.236 e. The number of amides is 2. The molecule has 0 atom stereocenters. The summed E-state index contributed by atoms with van der Waals surface area (Å²) in [6.07, 6.45) is 4.89. The standard InChI is InChI=1S/C14H23N3O2/c1-3-7-16(8-4-2)11-13(18)17-9-5-12(6-10-17)14(15)19/h3-4,12H,1-2,5-11H2,(H2,15,19). The molecule has 1 saturated heterocycles. The van der Waals surface area contributed by atoms with E-state index in [0.717, 1.165) is 0 Å². The van der Waals surface area contributed by atoms with Crippen LogP contribution in [0.4, 0.5) is 0 Å².